The molecule has 5 nitrogen and oxygen atoms in total. The summed E-state index contributed by atoms with van der Waals surface area (Å²) in [5.41, 5.74) is 6.64. The monoisotopic (exact) mass is 246 g/mol. The van der Waals surface area contributed by atoms with E-state index in [2.05, 4.69) is 21.2 Å². The van der Waals surface area contributed by atoms with E-state index in [-0.39, 0.29) is 0 Å². The first-order valence-corrected chi connectivity index (χ1v) is 6.05. The van der Waals surface area contributed by atoms with Crippen molar-refractivity contribution in [2.24, 2.45) is 5.73 Å². The summed E-state index contributed by atoms with van der Waals surface area (Å²) in [5, 5.41) is 7.07. The number of para-hydroxylation sites is 1. The van der Waals surface area contributed by atoms with Crippen LogP contribution in [-0.2, 0) is 19.3 Å². The van der Waals surface area contributed by atoms with Gasteiger partial charge in [0.2, 0.25) is 0 Å². The van der Waals surface area contributed by atoms with Gasteiger partial charge in [-0.25, -0.2) is 4.98 Å². The number of benzene rings is 1. The summed E-state index contributed by atoms with van der Waals surface area (Å²) in [5.74, 6) is 2.59. The Kier molecular flexibility index (Phi) is 4.30. The maximum Gasteiger partial charge on any atom is 0.151 e. The summed E-state index contributed by atoms with van der Waals surface area (Å²) < 4.78 is 5.31. The van der Waals surface area contributed by atoms with Crippen LogP contribution >= 0.6 is 0 Å². The molecule has 0 spiro atoms. The Balaban J connectivity index is 1.97. The van der Waals surface area contributed by atoms with Gasteiger partial charge in [0.05, 0.1) is 7.11 Å². The van der Waals surface area contributed by atoms with Gasteiger partial charge in [-0.2, -0.15) is 5.10 Å². The summed E-state index contributed by atoms with van der Waals surface area (Å²) in [7, 11) is 1.69. The molecular weight excluding hydrogens is 228 g/mol. The molecule has 0 amide bonds. The first-order chi connectivity index (χ1) is 8.83. The van der Waals surface area contributed by atoms with Gasteiger partial charge in [0.25, 0.3) is 0 Å². The molecule has 0 aliphatic rings. The molecule has 0 fully saturated rings. The van der Waals surface area contributed by atoms with Crippen LogP contribution in [0.3, 0.4) is 0 Å². The molecule has 0 radical (unpaired) electrons. The molecule has 0 saturated carbocycles. The topological polar surface area (TPSA) is 76.8 Å². The molecule has 0 aliphatic heterocycles. The van der Waals surface area contributed by atoms with Crippen molar-refractivity contribution in [3.8, 4) is 5.75 Å². The first kappa shape index (κ1) is 12.6. The van der Waals surface area contributed by atoms with Crippen LogP contribution in [0.25, 0.3) is 0 Å². The minimum atomic E-state index is 0.584. The lowest BCUT2D eigenvalue weighted by atomic mass is 10.1. The van der Waals surface area contributed by atoms with Crippen LogP contribution in [0.5, 0.6) is 5.75 Å². The summed E-state index contributed by atoms with van der Waals surface area (Å²) in [4.78, 5) is 4.38. The Morgan fingerprint density at radius 1 is 1.22 bits per heavy atom. The highest BCUT2D eigenvalue weighted by Crippen LogP contribution is 2.18. The van der Waals surface area contributed by atoms with E-state index in [1.807, 2.05) is 18.2 Å². The number of aromatic amines is 1. The molecule has 1 aromatic carbocycles. The second-order valence-electron chi connectivity index (χ2n) is 4.05. The number of aryl methyl sites for hydroxylation is 2. The number of ether oxygens (including phenoxy) is 1. The van der Waals surface area contributed by atoms with Crippen molar-refractivity contribution in [2.45, 2.75) is 19.3 Å². The van der Waals surface area contributed by atoms with Crippen LogP contribution < -0.4 is 10.5 Å². The molecule has 0 saturated heterocycles. The summed E-state index contributed by atoms with van der Waals surface area (Å²) in [6.45, 7) is 0.584. The fraction of sp³-hybridized carbons (Fsp3) is 0.385. The summed E-state index contributed by atoms with van der Waals surface area (Å²) in [6.07, 6.45) is 2.40. The van der Waals surface area contributed by atoms with Gasteiger partial charge in [0.15, 0.2) is 5.82 Å². The lowest BCUT2D eigenvalue weighted by Gasteiger charge is -2.06. The van der Waals surface area contributed by atoms with Gasteiger partial charge in [0, 0.05) is 12.8 Å². The zero-order valence-electron chi connectivity index (χ0n) is 10.5. The smallest absolute Gasteiger partial charge is 0.151 e. The van der Waals surface area contributed by atoms with Crippen molar-refractivity contribution in [1.29, 1.82) is 0 Å². The van der Waals surface area contributed by atoms with Crippen LogP contribution in [0.15, 0.2) is 24.3 Å². The Labute approximate surface area is 106 Å². The fourth-order valence-electron chi connectivity index (χ4n) is 1.85. The highest BCUT2D eigenvalue weighted by molar-refractivity contribution is 5.33. The SMILES string of the molecule is COc1ccccc1CCc1n[nH]c(CCN)n1. The number of hydrogen-bond acceptors (Lipinski definition) is 4. The van der Waals surface area contributed by atoms with E-state index < -0.39 is 0 Å². The van der Waals surface area contributed by atoms with E-state index in [0.29, 0.717) is 6.54 Å². The Morgan fingerprint density at radius 3 is 2.83 bits per heavy atom. The quantitative estimate of drug-likeness (QED) is 0.800. The third-order valence-electron chi connectivity index (χ3n) is 2.77. The molecular formula is C13H18N4O. The van der Waals surface area contributed by atoms with E-state index in [0.717, 1.165) is 36.7 Å². The second kappa shape index (κ2) is 6.16. The Morgan fingerprint density at radius 2 is 2.06 bits per heavy atom. The van der Waals surface area contributed by atoms with Gasteiger partial charge < -0.3 is 10.5 Å². The maximum atomic E-state index is 5.47. The molecule has 96 valence electrons. The first-order valence-electron chi connectivity index (χ1n) is 6.05. The molecule has 1 aromatic heterocycles. The highest BCUT2D eigenvalue weighted by Gasteiger charge is 2.06. The molecule has 2 rings (SSSR count). The van der Waals surface area contributed by atoms with Gasteiger partial charge in [-0.05, 0) is 24.6 Å². The third kappa shape index (κ3) is 3.07. The van der Waals surface area contributed by atoms with E-state index in [9.17, 15) is 0 Å². The van der Waals surface area contributed by atoms with Crippen LogP contribution in [0.4, 0.5) is 0 Å². The minimum absolute atomic E-state index is 0.584. The van der Waals surface area contributed by atoms with Gasteiger partial charge in [-0.3, -0.25) is 5.10 Å². The molecule has 0 unspecified atom stereocenters. The molecule has 0 atom stereocenters. The molecule has 0 aliphatic carbocycles. The summed E-state index contributed by atoms with van der Waals surface area (Å²) in [6, 6.07) is 8.00. The Bertz CT molecular complexity index is 495. The van der Waals surface area contributed by atoms with Crippen LogP contribution in [0.2, 0.25) is 0 Å². The van der Waals surface area contributed by atoms with E-state index in [1.165, 1.54) is 5.56 Å². The van der Waals surface area contributed by atoms with Crippen LogP contribution in [-0.4, -0.2) is 28.8 Å². The number of hydrogen-bond donors (Lipinski definition) is 2. The largest absolute Gasteiger partial charge is 0.496 e. The minimum Gasteiger partial charge on any atom is -0.496 e. The van der Waals surface area contributed by atoms with E-state index >= 15 is 0 Å². The number of nitrogens with two attached hydrogens (primary N) is 1. The predicted molar refractivity (Wildman–Crippen MR) is 69.5 cm³/mol. The second-order valence-corrected chi connectivity index (χ2v) is 4.05. The molecule has 0 bridgehead atoms. The fourth-order valence-corrected chi connectivity index (χ4v) is 1.85. The lowest BCUT2D eigenvalue weighted by Crippen LogP contribution is -2.04. The zero-order chi connectivity index (χ0) is 12.8. The van der Waals surface area contributed by atoms with Gasteiger partial charge in [-0.15, -0.1) is 0 Å². The Hall–Kier alpha value is -1.88. The predicted octanol–water partition coefficient (Wildman–Crippen LogP) is 1.10. The number of nitrogens with zero attached hydrogens (tertiary/aromatic N) is 2. The third-order valence-corrected chi connectivity index (χ3v) is 2.77. The molecule has 5 heteroatoms. The number of aromatic nitrogens is 3. The van der Waals surface area contributed by atoms with Crippen molar-refractivity contribution >= 4 is 0 Å². The number of H-pyrrole nitrogens is 1. The normalized spacial score (nSPS) is 10.6. The molecule has 1 heterocycles. The maximum absolute atomic E-state index is 5.47. The van der Waals surface area contributed by atoms with Crippen LogP contribution in [0, 0.1) is 0 Å². The molecule has 3 N–H and O–H groups in total. The van der Waals surface area contributed by atoms with Crippen molar-refractivity contribution in [2.75, 3.05) is 13.7 Å². The highest BCUT2D eigenvalue weighted by atomic mass is 16.5. The van der Waals surface area contributed by atoms with Gasteiger partial charge >= 0.3 is 0 Å². The lowest BCUT2D eigenvalue weighted by molar-refractivity contribution is 0.409. The van der Waals surface area contributed by atoms with Crippen LogP contribution in [0.1, 0.15) is 17.2 Å². The summed E-state index contributed by atoms with van der Waals surface area (Å²) >= 11 is 0. The van der Waals surface area contributed by atoms with Crippen molar-refractivity contribution in [3.63, 3.8) is 0 Å². The van der Waals surface area contributed by atoms with E-state index in [1.54, 1.807) is 7.11 Å². The molecule has 2 aromatic rings. The van der Waals surface area contributed by atoms with E-state index in [4.69, 9.17) is 10.5 Å². The number of nitrogens with one attached hydrogen (secondary N) is 1. The standard InChI is InChI=1S/C13H18N4O/c1-18-11-5-3-2-4-10(11)6-7-12-15-13(8-9-14)17-16-12/h2-5H,6-9,14H2,1H3,(H,15,16,17). The van der Waals surface area contributed by atoms with Crippen molar-refractivity contribution in [3.05, 3.63) is 41.5 Å². The van der Waals surface area contributed by atoms with Crippen molar-refractivity contribution < 1.29 is 4.74 Å². The average molecular weight is 246 g/mol. The van der Waals surface area contributed by atoms with Gasteiger partial charge in [0.1, 0.15) is 11.6 Å². The number of rotatable bonds is 6. The van der Waals surface area contributed by atoms with Crippen molar-refractivity contribution in [1.82, 2.24) is 15.2 Å². The average Bonchev–Trinajstić information content (AvgIpc) is 2.85. The van der Waals surface area contributed by atoms with Gasteiger partial charge in [-0.1, -0.05) is 18.2 Å². The molecule has 18 heavy (non-hydrogen) atoms. The number of methoxy groups -OCH3 is 1. The zero-order valence-corrected chi connectivity index (χ0v) is 10.5.